The highest BCUT2D eigenvalue weighted by atomic mass is 32.1. The number of aromatic nitrogens is 3. The van der Waals surface area contributed by atoms with E-state index in [1.807, 2.05) is 50.4 Å². The van der Waals surface area contributed by atoms with E-state index in [0.29, 0.717) is 12.3 Å². The van der Waals surface area contributed by atoms with Gasteiger partial charge >= 0.3 is 0 Å². The van der Waals surface area contributed by atoms with Gasteiger partial charge in [-0.25, -0.2) is 14.1 Å². The molecule has 2 aromatic carbocycles. The molecule has 0 aliphatic rings. The molecule has 6 nitrogen and oxygen atoms in total. The van der Waals surface area contributed by atoms with Gasteiger partial charge in [0.2, 0.25) is 5.91 Å². The van der Waals surface area contributed by atoms with Crippen molar-refractivity contribution in [3.8, 4) is 22.0 Å². The molecule has 8 heteroatoms. The summed E-state index contributed by atoms with van der Waals surface area (Å²) in [6.45, 7) is 6.37. The van der Waals surface area contributed by atoms with Gasteiger partial charge < -0.3 is 10.1 Å². The Hall–Kier alpha value is -3.52. The van der Waals surface area contributed by atoms with Crippen molar-refractivity contribution in [2.75, 3.05) is 6.61 Å². The van der Waals surface area contributed by atoms with Crippen molar-refractivity contribution in [3.63, 3.8) is 0 Å². The predicted octanol–water partition coefficient (Wildman–Crippen LogP) is 5.26. The molecule has 2 heterocycles. The summed E-state index contributed by atoms with van der Waals surface area (Å²) in [6, 6.07) is 13.7. The highest BCUT2D eigenvalue weighted by Crippen LogP contribution is 2.32. The number of benzene rings is 2. The Labute approximate surface area is 196 Å². The monoisotopic (exact) mass is 464 g/mol. The lowest BCUT2D eigenvalue weighted by atomic mass is 10.1. The van der Waals surface area contributed by atoms with E-state index in [2.05, 4.69) is 15.4 Å². The van der Waals surface area contributed by atoms with Gasteiger partial charge in [-0.2, -0.15) is 5.10 Å². The fourth-order valence-corrected chi connectivity index (χ4v) is 4.51. The SMILES string of the molecule is CCOc1ccccc1-c1nc(CC(=O)NC(C)c2cnn(-c3ccc(F)cc3)c2C)cs1. The quantitative estimate of drug-likeness (QED) is 0.386. The first kappa shape index (κ1) is 22.7. The van der Waals surface area contributed by atoms with Crippen molar-refractivity contribution < 1.29 is 13.9 Å². The maximum atomic E-state index is 13.2. The van der Waals surface area contributed by atoms with Crippen LogP contribution in [-0.4, -0.2) is 27.3 Å². The summed E-state index contributed by atoms with van der Waals surface area (Å²) in [6.07, 6.45) is 1.91. The minimum absolute atomic E-state index is 0.119. The molecule has 0 aliphatic heterocycles. The van der Waals surface area contributed by atoms with Gasteiger partial charge in [-0.1, -0.05) is 12.1 Å². The van der Waals surface area contributed by atoms with E-state index in [9.17, 15) is 9.18 Å². The number of ether oxygens (including phenoxy) is 1. The van der Waals surface area contributed by atoms with Crippen molar-refractivity contribution in [1.29, 1.82) is 0 Å². The normalized spacial score (nSPS) is 11.9. The summed E-state index contributed by atoms with van der Waals surface area (Å²) in [5, 5.41) is 10.2. The second-order valence-electron chi connectivity index (χ2n) is 7.61. The number of halogens is 1. The lowest BCUT2D eigenvalue weighted by molar-refractivity contribution is -0.121. The zero-order valence-corrected chi connectivity index (χ0v) is 19.5. The van der Waals surface area contributed by atoms with E-state index < -0.39 is 0 Å². The molecule has 0 fully saturated rings. The van der Waals surface area contributed by atoms with Gasteiger partial charge in [-0.15, -0.1) is 11.3 Å². The van der Waals surface area contributed by atoms with Crippen LogP contribution in [0.3, 0.4) is 0 Å². The van der Waals surface area contributed by atoms with E-state index in [1.165, 1.54) is 23.5 Å². The largest absolute Gasteiger partial charge is 0.493 e. The number of carbonyl (C=O) groups excluding carboxylic acids is 1. The van der Waals surface area contributed by atoms with Crippen LogP contribution in [0.25, 0.3) is 16.3 Å². The summed E-state index contributed by atoms with van der Waals surface area (Å²) in [5.74, 6) is 0.370. The van der Waals surface area contributed by atoms with Crippen LogP contribution < -0.4 is 10.1 Å². The Kier molecular flexibility index (Phi) is 6.84. The van der Waals surface area contributed by atoms with Crippen LogP contribution in [0.15, 0.2) is 60.1 Å². The third-order valence-corrected chi connectivity index (χ3v) is 6.20. The standard InChI is InChI=1S/C25H25FN4O2S/c1-4-32-23-8-6-5-7-21(23)25-29-19(15-33-25)13-24(31)28-16(2)22-14-27-30(17(22)3)20-11-9-18(26)10-12-20/h5-12,14-16H,4,13H2,1-3H3,(H,28,31). The van der Waals surface area contributed by atoms with Crippen LogP contribution in [0, 0.1) is 12.7 Å². The third-order valence-electron chi connectivity index (χ3n) is 5.27. The zero-order chi connectivity index (χ0) is 23.4. The summed E-state index contributed by atoms with van der Waals surface area (Å²) < 4.78 is 20.7. The molecule has 0 saturated heterocycles. The average molecular weight is 465 g/mol. The summed E-state index contributed by atoms with van der Waals surface area (Å²) in [5.41, 5.74) is 4.19. The summed E-state index contributed by atoms with van der Waals surface area (Å²) in [7, 11) is 0. The second kappa shape index (κ2) is 9.95. The molecule has 0 bridgehead atoms. The molecule has 0 radical (unpaired) electrons. The first-order valence-corrected chi connectivity index (χ1v) is 11.6. The van der Waals surface area contributed by atoms with Crippen molar-refractivity contribution in [2.24, 2.45) is 0 Å². The van der Waals surface area contributed by atoms with Crippen molar-refractivity contribution in [1.82, 2.24) is 20.1 Å². The van der Waals surface area contributed by atoms with Crippen molar-refractivity contribution >= 4 is 17.2 Å². The van der Waals surface area contributed by atoms with Gasteiger partial charge in [0.15, 0.2) is 0 Å². The molecular weight excluding hydrogens is 439 g/mol. The molecule has 0 aliphatic carbocycles. The fourth-order valence-electron chi connectivity index (χ4n) is 3.66. The summed E-state index contributed by atoms with van der Waals surface area (Å²) in [4.78, 5) is 17.3. The van der Waals surface area contributed by atoms with E-state index in [1.54, 1.807) is 23.0 Å². The van der Waals surface area contributed by atoms with Gasteiger partial charge in [0.1, 0.15) is 16.6 Å². The maximum Gasteiger partial charge on any atom is 0.226 e. The van der Waals surface area contributed by atoms with Crippen LogP contribution in [0.5, 0.6) is 5.75 Å². The van der Waals surface area contributed by atoms with Gasteiger partial charge in [-0.3, -0.25) is 4.79 Å². The number of nitrogens with zero attached hydrogens (tertiary/aromatic N) is 3. The molecule has 2 aromatic heterocycles. The van der Waals surface area contributed by atoms with Crippen LogP contribution in [0.1, 0.15) is 36.8 Å². The van der Waals surface area contributed by atoms with Gasteiger partial charge in [0, 0.05) is 16.6 Å². The lowest BCUT2D eigenvalue weighted by Crippen LogP contribution is -2.28. The van der Waals surface area contributed by atoms with E-state index >= 15 is 0 Å². The number of hydrogen-bond acceptors (Lipinski definition) is 5. The molecule has 4 aromatic rings. The minimum atomic E-state index is -0.295. The third kappa shape index (κ3) is 5.12. The molecule has 1 unspecified atom stereocenters. The Balaban J connectivity index is 1.42. The van der Waals surface area contributed by atoms with E-state index in [0.717, 1.165) is 33.3 Å². The van der Waals surface area contributed by atoms with E-state index in [-0.39, 0.29) is 24.2 Å². The van der Waals surface area contributed by atoms with Gasteiger partial charge in [0.05, 0.1) is 42.2 Å². The van der Waals surface area contributed by atoms with Gasteiger partial charge in [0.25, 0.3) is 0 Å². The molecule has 1 amide bonds. The Bertz CT molecular complexity index is 1250. The number of para-hydroxylation sites is 1. The number of nitrogens with one attached hydrogen (secondary N) is 1. The number of carbonyl (C=O) groups is 1. The highest BCUT2D eigenvalue weighted by molar-refractivity contribution is 7.13. The first-order valence-electron chi connectivity index (χ1n) is 10.7. The van der Waals surface area contributed by atoms with Crippen LogP contribution in [0.2, 0.25) is 0 Å². The average Bonchev–Trinajstić information content (AvgIpc) is 3.41. The molecule has 1 atom stereocenters. The Morgan fingerprint density at radius 2 is 1.97 bits per heavy atom. The van der Waals surface area contributed by atoms with Crippen molar-refractivity contribution in [3.05, 3.63) is 82.9 Å². The minimum Gasteiger partial charge on any atom is -0.493 e. The van der Waals surface area contributed by atoms with Gasteiger partial charge in [-0.05, 0) is 57.2 Å². The van der Waals surface area contributed by atoms with Crippen LogP contribution in [0.4, 0.5) is 4.39 Å². The number of rotatable bonds is 8. The second-order valence-corrected chi connectivity index (χ2v) is 8.47. The number of hydrogen-bond donors (Lipinski definition) is 1. The number of thiazole rings is 1. The molecule has 4 rings (SSSR count). The summed E-state index contributed by atoms with van der Waals surface area (Å²) >= 11 is 1.49. The molecule has 0 saturated carbocycles. The Morgan fingerprint density at radius 3 is 2.73 bits per heavy atom. The molecule has 0 spiro atoms. The highest BCUT2D eigenvalue weighted by Gasteiger charge is 2.18. The molecule has 170 valence electrons. The van der Waals surface area contributed by atoms with Crippen molar-refractivity contribution in [2.45, 2.75) is 33.2 Å². The van der Waals surface area contributed by atoms with Crippen LogP contribution in [-0.2, 0) is 11.2 Å². The zero-order valence-electron chi connectivity index (χ0n) is 18.7. The van der Waals surface area contributed by atoms with E-state index in [4.69, 9.17) is 4.74 Å². The predicted molar refractivity (Wildman–Crippen MR) is 127 cm³/mol. The first-order chi connectivity index (χ1) is 16.0. The number of amides is 1. The lowest BCUT2D eigenvalue weighted by Gasteiger charge is -2.14. The molecular formula is C25H25FN4O2S. The molecule has 1 N–H and O–H groups in total. The topological polar surface area (TPSA) is 69.0 Å². The van der Waals surface area contributed by atoms with Crippen LogP contribution >= 0.6 is 11.3 Å². The fraction of sp³-hybridized carbons (Fsp3) is 0.240. The Morgan fingerprint density at radius 1 is 1.21 bits per heavy atom. The smallest absolute Gasteiger partial charge is 0.226 e. The maximum absolute atomic E-state index is 13.2. The molecule has 33 heavy (non-hydrogen) atoms.